The zero-order chi connectivity index (χ0) is 18.5. The number of para-hydroxylation sites is 1. The summed E-state index contributed by atoms with van der Waals surface area (Å²) in [5, 5.41) is 14.9. The molecule has 0 fully saturated rings. The lowest BCUT2D eigenvalue weighted by molar-refractivity contribution is -0.115. The van der Waals surface area contributed by atoms with Gasteiger partial charge in [0.2, 0.25) is 11.8 Å². The van der Waals surface area contributed by atoms with Crippen LogP contribution in [0, 0.1) is 0 Å². The second kappa shape index (κ2) is 8.13. The van der Waals surface area contributed by atoms with Crippen molar-refractivity contribution in [3.05, 3.63) is 48.4 Å². The minimum atomic E-state index is -0.380. The minimum Gasteiger partial charge on any atom is -0.414 e. The topological polar surface area (TPSA) is 98.7 Å². The first-order chi connectivity index (χ1) is 12.5. The first-order valence-electron chi connectivity index (χ1n) is 8.24. The summed E-state index contributed by atoms with van der Waals surface area (Å²) >= 11 is 1.22. The van der Waals surface area contributed by atoms with Crippen LogP contribution in [0.15, 0.2) is 46.6 Å². The Morgan fingerprint density at radius 1 is 1.27 bits per heavy atom. The van der Waals surface area contributed by atoms with Gasteiger partial charge in [-0.05, 0) is 24.5 Å². The number of carbonyl (C=O) groups excluding carboxylic acids is 1. The van der Waals surface area contributed by atoms with E-state index < -0.39 is 0 Å². The summed E-state index contributed by atoms with van der Waals surface area (Å²) in [7, 11) is 0. The SMILES string of the molecule is CC(Sc1nnc(Cn2cncn2)o1)C(=O)Nc1ccccc1C(C)C. The van der Waals surface area contributed by atoms with Crippen LogP contribution in [0.3, 0.4) is 0 Å². The molecule has 1 aromatic carbocycles. The molecule has 136 valence electrons. The summed E-state index contributed by atoms with van der Waals surface area (Å²) in [6.45, 7) is 6.34. The number of aromatic nitrogens is 5. The highest BCUT2D eigenvalue weighted by Gasteiger charge is 2.20. The molecule has 0 radical (unpaired) electrons. The van der Waals surface area contributed by atoms with Crippen LogP contribution in [-0.4, -0.2) is 36.1 Å². The summed E-state index contributed by atoms with van der Waals surface area (Å²) in [6, 6.07) is 7.81. The lowest BCUT2D eigenvalue weighted by Gasteiger charge is -2.15. The van der Waals surface area contributed by atoms with Gasteiger partial charge >= 0.3 is 0 Å². The molecule has 0 saturated heterocycles. The molecule has 1 atom stereocenters. The van der Waals surface area contributed by atoms with Gasteiger partial charge in [-0.2, -0.15) is 5.10 Å². The Bertz CT molecular complexity index is 862. The van der Waals surface area contributed by atoms with Crippen LogP contribution in [0.4, 0.5) is 5.69 Å². The van der Waals surface area contributed by atoms with Crippen LogP contribution in [0.1, 0.15) is 38.1 Å². The van der Waals surface area contributed by atoms with Crippen molar-refractivity contribution in [2.75, 3.05) is 5.32 Å². The Morgan fingerprint density at radius 3 is 2.81 bits per heavy atom. The number of amides is 1. The van der Waals surface area contributed by atoms with E-state index in [9.17, 15) is 4.79 Å². The molecule has 0 aliphatic heterocycles. The van der Waals surface area contributed by atoms with Gasteiger partial charge in [0, 0.05) is 5.69 Å². The van der Waals surface area contributed by atoms with E-state index in [-0.39, 0.29) is 11.2 Å². The lowest BCUT2D eigenvalue weighted by Crippen LogP contribution is -2.23. The first kappa shape index (κ1) is 18.1. The fourth-order valence-electron chi connectivity index (χ4n) is 2.36. The van der Waals surface area contributed by atoms with Crippen LogP contribution in [0.2, 0.25) is 0 Å². The molecular weight excluding hydrogens is 352 g/mol. The van der Waals surface area contributed by atoms with Crippen LogP contribution in [0.25, 0.3) is 0 Å². The predicted molar refractivity (Wildman–Crippen MR) is 97.9 cm³/mol. The Kier molecular flexibility index (Phi) is 5.67. The van der Waals surface area contributed by atoms with Crippen molar-refractivity contribution in [3.8, 4) is 0 Å². The molecule has 0 spiro atoms. The number of hydrogen-bond donors (Lipinski definition) is 1. The molecule has 0 aliphatic carbocycles. The predicted octanol–water partition coefficient (Wildman–Crippen LogP) is 2.95. The van der Waals surface area contributed by atoms with Crippen LogP contribution < -0.4 is 5.32 Å². The van der Waals surface area contributed by atoms with Crippen LogP contribution in [0.5, 0.6) is 0 Å². The normalized spacial score (nSPS) is 12.3. The molecule has 1 amide bonds. The fourth-order valence-corrected chi connectivity index (χ4v) is 3.06. The number of thioether (sulfide) groups is 1. The van der Waals surface area contributed by atoms with E-state index in [1.165, 1.54) is 18.1 Å². The summed E-state index contributed by atoms with van der Waals surface area (Å²) in [5.41, 5.74) is 1.93. The molecule has 3 aromatic rings. The Hall–Kier alpha value is -2.68. The molecule has 0 aliphatic rings. The molecule has 1 N–H and O–H groups in total. The molecular formula is C17H20N6O2S. The smallest absolute Gasteiger partial charge is 0.277 e. The Morgan fingerprint density at radius 2 is 2.08 bits per heavy atom. The third-order valence-electron chi connectivity index (χ3n) is 3.70. The third kappa shape index (κ3) is 4.48. The van der Waals surface area contributed by atoms with Crippen molar-refractivity contribution in [1.29, 1.82) is 0 Å². The lowest BCUT2D eigenvalue weighted by atomic mass is 10.0. The van der Waals surface area contributed by atoms with Gasteiger partial charge in [0.1, 0.15) is 19.2 Å². The molecule has 1 unspecified atom stereocenters. The van der Waals surface area contributed by atoms with E-state index in [0.29, 0.717) is 23.6 Å². The van der Waals surface area contributed by atoms with Crippen molar-refractivity contribution in [2.24, 2.45) is 0 Å². The summed E-state index contributed by atoms with van der Waals surface area (Å²) < 4.78 is 7.15. The highest BCUT2D eigenvalue weighted by atomic mass is 32.2. The standard InChI is InChI=1S/C17H20N6O2S/c1-11(2)13-6-4-5-7-14(13)20-16(24)12(3)26-17-22-21-15(25-17)8-23-10-18-9-19-23/h4-7,9-12H,8H2,1-3H3,(H,20,24). The highest BCUT2D eigenvalue weighted by Crippen LogP contribution is 2.26. The van der Waals surface area contributed by atoms with Crippen molar-refractivity contribution < 1.29 is 9.21 Å². The van der Waals surface area contributed by atoms with Gasteiger partial charge in [0.05, 0.1) is 5.25 Å². The maximum atomic E-state index is 12.5. The molecule has 0 saturated carbocycles. The quantitative estimate of drug-likeness (QED) is 0.637. The van der Waals surface area contributed by atoms with Gasteiger partial charge in [-0.25, -0.2) is 9.67 Å². The number of benzene rings is 1. The average Bonchev–Trinajstić information content (AvgIpc) is 3.27. The van der Waals surface area contributed by atoms with E-state index >= 15 is 0 Å². The summed E-state index contributed by atoms with van der Waals surface area (Å²) in [6.07, 6.45) is 3.01. The molecule has 26 heavy (non-hydrogen) atoms. The van der Waals surface area contributed by atoms with Gasteiger partial charge in [-0.15, -0.1) is 10.2 Å². The zero-order valence-electron chi connectivity index (χ0n) is 14.8. The maximum absolute atomic E-state index is 12.5. The molecule has 8 nitrogen and oxygen atoms in total. The highest BCUT2D eigenvalue weighted by molar-refractivity contribution is 8.00. The molecule has 9 heteroatoms. The number of carbonyl (C=O) groups is 1. The van der Waals surface area contributed by atoms with E-state index in [1.807, 2.05) is 24.3 Å². The van der Waals surface area contributed by atoms with Gasteiger partial charge < -0.3 is 9.73 Å². The van der Waals surface area contributed by atoms with Gasteiger partial charge in [0.25, 0.3) is 5.22 Å². The number of nitrogens with zero attached hydrogens (tertiary/aromatic N) is 5. The van der Waals surface area contributed by atoms with E-state index in [2.05, 4.69) is 39.4 Å². The van der Waals surface area contributed by atoms with Crippen molar-refractivity contribution in [2.45, 2.75) is 43.7 Å². The zero-order valence-corrected chi connectivity index (χ0v) is 15.6. The minimum absolute atomic E-state index is 0.112. The maximum Gasteiger partial charge on any atom is 0.277 e. The second-order valence-electron chi connectivity index (χ2n) is 6.05. The number of hydrogen-bond acceptors (Lipinski definition) is 7. The Balaban J connectivity index is 1.60. The number of anilines is 1. The number of nitrogens with one attached hydrogen (secondary N) is 1. The molecule has 0 bridgehead atoms. The first-order valence-corrected chi connectivity index (χ1v) is 9.12. The van der Waals surface area contributed by atoms with Gasteiger partial charge in [-0.1, -0.05) is 43.8 Å². The number of rotatable bonds is 7. The summed E-state index contributed by atoms with van der Waals surface area (Å²) in [4.78, 5) is 16.4. The van der Waals surface area contributed by atoms with Crippen molar-refractivity contribution >= 4 is 23.4 Å². The van der Waals surface area contributed by atoms with Crippen molar-refractivity contribution in [1.82, 2.24) is 25.0 Å². The van der Waals surface area contributed by atoms with Gasteiger partial charge in [0.15, 0.2) is 0 Å². The average molecular weight is 372 g/mol. The van der Waals surface area contributed by atoms with Crippen molar-refractivity contribution in [3.63, 3.8) is 0 Å². The second-order valence-corrected chi connectivity index (χ2v) is 7.34. The van der Waals surface area contributed by atoms with Crippen LogP contribution >= 0.6 is 11.8 Å². The van der Waals surface area contributed by atoms with E-state index in [4.69, 9.17) is 4.42 Å². The monoisotopic (exact) mass is 372 g/mol. The largest absolute Gasteiger partial charge is 0.414 e. The molecule has 2 heterocycles. The van der Waals surface area contributed by atoms with E-state index in [1.54, 1.807) is 17.9 Å². The Labute approximate surface area is 155 Å². The van der Waals surface area contributed by atoms with Gasteiger partial charge in [-0.3, -0.25) is 4.79 Å². The molecule has 3 rings (SSSR count). The molecule has 2 aromatic heterocycles. The summed E-state index contributed by atoms with van der Waals surface area (Å²) in [5.74, 6) is 0.625. The van der Waals surface area contributed by atoms with E-state index in [0.717, 1.165) is 11.3 Å². The third-order valence-corrected chi connectivity index (χ3v) is 4.63. The van der Waals surface area contributed by atoms with Crippen LogP contribution in [-0.2, 0) is 11.3 Å². The fraction of sp³-hybridized carbons (Fsp3) is 0.353.